The Bertz CT molecular complexity index is 327. The second kappa shape index (κ2) is 4.97. The van der Waals surface area contributed by atoms with Crippen LogP contribution >= 0.6 is 11.6 Å². The summed E-state index contributed by atoms with van der Waals surface area (Å²) in [4.78, 5) is 0. The molecule has 1 saturated heterocycles. The normalized spacial score (nSPS) is 26.5. The largest absolute Gasteiger partial charge is 0.393 e. The van der Waals surface area contributed by atoms with Crippen LogP contribution in [-0.2, 0) is 10.6 Å². The standard InChI is InChI=1S/C12H15ClO2/c13-8-9-2-1-3-10(6-9)12-7-11(14)4-5-15-12/h1-3,6,11-12,14H,4-5,7-8H2. The Labute approximate surface area is 94.8 Å². The lowest BCUT2D eigenvalue weighted by molar-refractivity contribution is -0.0448. The third kappa shape index (κ3) is 2.71. The summed E-state index contributed by atoms with van der Waals surface area (Å²) in [5.74, 6) is 0.517. The molecule has 2 nitrogen and oxygen atoms in total. The molecule has 15 heavy (non-hydrogen) atoms. The monoisotopic (exact) mass is 226 g/mol. The SMILES string of the molecule is OC1CCOC(c2cccc(CCl)c2)C1. The van der Waals surface area contributed by atoms with E-state index in [4.69, 9.17) is 16.3 Å². The third-order valence-corrected chi connectivity index (χ3v) is 3.04. The van der Waals surface area contributed by atoms with Crippen molar-refractivity contribution in [3.8, 4) is 0 Å². The van der Waals surface area contributed by atoms with Gasteiger partial charge >= 0.3 is 0 Å². The highest BCUT2D eigenvalue weighted by molar-refractivity contribution is 6.17. The number of hydrogen-bond acceptors (Lipinski definition) is 2. The smallest absolute Gasteiger partial charge is 0.0849 e. The van der Waals surface area contributed by atoms with E-state index in [1.165, 1.54) is 0 Å². The van der Waals surface area contributed by atoms with E-state index in [0.29, 0.717) is 18.9 Å². The number of benzene rings is 1. The highest BCUT2D eigenvalue weighted by Gasteiger charge is 2.22. The zero-order valence-corrected chi connectivity index (χ0v) is 9.28. The van der Waals surface area contributed by atoms with Crippen molar-refractivity contribution in [3.05, 3.63) is 35.4 Å². The average Bonchev–Trinajstić information content (AvgIpc) is 2.29. The summed E-state index contributed by atoms with van der Waals surface area (Å²) < 4.78 is 5.63. The second-order valence-corrected chi connectivity index (χ2v) is 4.18. The van der Waals surface area contributed by atoms with E-state index in [2.05, 4.69) is 6.07 Å². The molecule has 0 saturated carbocycles. The van der Waals surface area contributed by atoms with E-state index in [-0.39, 0.29) is 12.2 Å². The average molecular weight is 227 g/mol. The molecule has 2 atom stereocenters. The number of ether oxygens (including phenoxy) is 1. The van der Waals surface area contributed by atoms with Crippen LogP contribution in [0.15, 0.2) is 24.3 Å². The molecule has 1 fully saturated rings. The zero-order chi connectivity index (χ0) is 10.7. The van der Waals surface area contributed by atoms with Crippen LogP contribution in [-0.4, -0.2) is 17.8 Å². The quantitative estimate of drug-likeness (QED) is 0.786. The molecule has 0 bridgehead atoms. The van der Waals surface area contributed by atoms with E-state index >= 15 is 0 Å². The maximum Gasteiger partial charge on any atom is 0.0849 e. The predicted octanol–water partition coefficient (Wildman–Crippen LogP) is 2.64. The number of hydrogen-bond donors (Lipinski definition) is 1. The lowest BCUT2D eigenvalue weighted by atomic mass is 9.98. The summed E-state index contributed by atoms with van der Waals surface area (Å²) >= 11 is 5.78. The van der Waals surface area contributed by atoms with Crippen LogP contribution < -0.4 is 0 Å². The molecule has 3 heteroatoms. The summed E-state index contributed by atoms with van der Waals surface area (Å²) in [5.41, 5.74) is 2.21. The van der Waals surface area contributed by atoms with E-state index in [0.717, 1.165) is 17.5 Å². The molecule has 1 heterocycles. The highest BCUT2D eigenvalue weighted by Crippen LogP contribution is 2.28. The Kier molecular flexibility index (Phi) is 3.62. The van der Waals surface area contributed by atoms with Gasteiger partial charge in [0.1, 0.15) is 0 Å². The number of aliphatic hydroxyl groups is 1. The molecule has 1 aliphatic heterocycles. The van der Waals surface area contributed by atoms with E-state index in [1.54, 1.807) is 0 Å². The summed E-state index contributed by atoms with van der Waals surface area (Å²) in [6, 6.07) is 8.06. The van der Waals surface area contributed by atoms with Gasteiger partial charge in [0, 0.05) is 18.9 Å². The Balaban J connectivity index is 2.13. The molecule has 2 unspecified atom stereocenters. The highest BCUT2D eigenvalue weighted by atomic mass is 35.5. The fraction of sp³-hybridized carbons (Fsp3) is 0.500. The van der Waals surface area contributed by atoms with Gasteiger partial charge < -0.3 is 9.84 Å². The fourth-order valence-corrected chi connectivity index (χ4v) is 2.05. The van der Waals surface area contributed by atoms with Crippen LogP contribution in [0.5, 0.6) is 0 Å². The van der Waals surface area contributed by atoms with Gasteiger partial charge in [0.25, 0.3) is 0 Å². The van der Waals surface area contributed by atoms with Crippen LogP contribution in [0.4, 0.5) is 0 Å². The molecule has 0 aliphatic carbocycles. The molecule has 0 aromatic heterocycles. The van der Waals surface area contributed by atoms with Crippen molar-refractivity contribution in [2.75, 3.05) is 6.61 Å². The van der Waals surface area contributed by atoms with Crippen molar-refractivity contribution < 1.29 is 9.84 Å². The van der Waals surface area contributed by atoms with Crippen molar-refractivity contribution in [2.24, 2.45) is 0 Å². The number of aliphatic hydroxyl groups excluding tert-OH is 1. The van der Waals surface area contributed by atoms with Gasteiger partial charge in [-0.1, -0.05) is 24.3 Å². The van der Waals surface area contributed by atoms with E-state index in [1.807, 2.05) is 18.2 Å². The minimum absolute atomic E-state index is 0.0249. The summed E-state index contributed by atoms with van der Waals surface area (Å²) in [5, 5.41) is 9.56. The number of halogens is 1. The topological polar surface area (TPSA) is 29.5 Å². The minimum Gasteiger partial charge on any atom is -0.393 e. The van der Waals surface area contributed by atoms with E-state index in [9.17, 15) is 5.11 Å². The first-order chi connectivity index (χ1) is 7.29. The first kappa shape index (κ1) is 10.9. The molecule has 0 radical (unpaired) electrons. The molecule has 1 N–H and O–H groups in total. The van der Waals surface area contributed by atoms with Crippen LogP contribution in [0, 0.1) is 0 Å². The van der Waals surface area contributed by atoms with Gasteiger partial charge in [-0.05, 0) is 17.5 Å². The number of alkyl halides is 1. The molecule has 1 aromatic carbocycles. The maximum absolute atomic E-state index is 9.56. The first-order valence-electron chi connectivity index (χ1n) is 5.24. The van der Waals surface area contributed by atoms with Crippen molar-refractivity contribution >= 4 is 11.6 Å². The molecule has 82 valence electrons. The van der Waals surface area contributed by atoms with Crippen molar-refractivity contribution in [1.82, 2.24) is 0 Å². The van der Waals surface area contributed by atoms with Gasteiger partial charge in [-0.15, -0.1) is 11.6 Å². The van der Waals surface area contributed by atoms with E-state index < -0.39 is 0 Å². The Morgan fingerprint density at radius 2 is 2.33 bits per heavy atom. The summed E-state index contributed by atoms with van der Waals surface area (Å²) in [7, 11) is 0. The molecule has 0 spiro atoms. The summed E-state index contributed by atoms with van der Waals surface area (Å²) in [6.07, 6.45) is 1.22. The lowest BCUT2D eigenvalue weighted by Gasteiger charge is -2.27. The maximum atomic E-state index is 9.56. The number of rotatable bonds is 2. The third-order valence-electron chi connectivity index (χ3n) is 2.73. The Hall–Kier alpha value is -0.570. The van der Waals surface area contributed by atoms with Gasteiger partial charge in [0.2, 0.25) is 0 Å². The van der Waals surface area contributed by atoms with Gasteiger partial charge in [-0.2, -0.15) is 0 Å². The molecule has 2 rings (SSSR count). The van der Waals surface area contributed by atoms with Crippen molar-refractivity contribution in [1.29, 1.82) is 0 Å². The van der Waals surface area contributed by atoms with Crippen molar-refractivity contribution in [2.45, 2.75) is 30.9 Å². The molecule has 0 amide bonds. The lowest BCUT2D eigenvalue weighted by Crippen LogP contribution is -2.23. The zero-order valence-electron chi connectivity index (χ0n) is 8.53. The Morgan fingerprint density at radius 3 is 3.07 bits per heavy atom. The minimum atomic E-state index is -0.233. The molecule has 1 aliphatic rings. The van der Waals surface area contributed by atoms with Gasteiger partial charge in [0.15, 0.2) is 0 Å². The summed E-state index contributed by atoms with van der Waals surface area (Å²) in [6.45, 7) is 0.636. The fourth-order valence-electron chi connectivity index (χ4n) is 1.89. The van der Waals surface area contributed by atoms with Crippen LogP contribution in [0.2, 0.25) is 0 Å². The predicted molar refractivity (Wildman–Crippen MR) is 59.9 cm³/mol. The van der Waals surface area contributed by atoms with Gasteiger partial charge in [-0.25, -0.2) is 0 Å². The van der Waals surface area contributed by atoms with Gasteiger partial charge in [0.05, 0.1) is 12.2 Å². The Morgan fingerprint density at radius 1 is 1.47 bits per heavy atom. The second-order valence-electron chi connectivity index (χ2n) is 3.92. The molecule has 1 aromatic rings. The first-order valence-corrected chi connectivity index (χ1v) is 5.77. The molecular weight excluding hydrogens is 212 g/mol. The van der Waals surface area contributed by atoms with Crippen molar-refractivity contribution in [3.63, 3.8) is 0 Å². The molecular formula is C12H15ClO2. The van der Waals surface area contributed by atoms with Gasteiger partial charge in [-0.3, -0.25) is 0 Å². The van der Waals surface area contributed by atoms with Crippen LogP contribution in [0.25, 0.3) is 0 Å². The van der Waals surface area contributed by atoms with Crippen LogP contribution in [0.3, 0.4) is 0 Å². The van der Waals surface area contributed by atoms with Crippen LogP contribution in [0.1, 0.15) is 30.1 Å².